The van der Waals surface area contributed by atoms with Crippen molar-refractivity contribution in [2.24, 2.45) is 0 Å². The van der Waals surface area contributed by atoms with E-state index in [1.54, 1.807) is 12.1 Å². The van der Waals surface area contributed by atoms with Crippen molar-refractivity contribution in [2.75, 3.05) is 0 Å². The summed E-state index contributed by atoms with van der Waals surface area (Å²) in [5.41, 5.74) is 1.37. The summed E-state index contributed by atoms with van der Waals surface area (Å²) in [6.07, 6.45) is 5.91. The fraction of sp³-hybridized carbons (Fsp3) is 0.412. The molecule has 21 heavy (non-hydrogen) atoms. The number of aliphatic hydroxyl groups is 1. The first-order chi connectivity index (χ1) is 10.2. The summed E-state index contributed by atoms with van der Waals surface area (Å²) in [6.45, 7) is 0. The Balaban J connectivity index is 1.64. The minimum atomic E-state index is -1.07. The van der Waals surface area contributed by atoms with Crippen molar-refractivity contribution < 1.29 is 9.90 Å². The molecule has 1 aliphatic rings. The first-order valence-corrected chi connectivity index (χ1v) is 7.54. The minimum absolute atomic E-state index is 0.176. The molecule has 1 N–H and O–H groups in total. The number of hydrogen-bond donors (Lipinski definition) is 1. The van der Waals surface area contributed by atoms with Gasteiger partial charge in [0.1, 0.15) is 6.10 Å². The maximum atomic E-state index is 12.1. The van der Waals surface area contributed by atoms with E-state index in [-0.39, 0.29) is 12.2 Å². The highest BCUT2D eigenvalue weighted by Crippen LogP contribution is 2.28. The van der Waals surface area contributed by atoms with Gasteiger partial charge in [-0.2, -0.15) is 5.10 Å². The van der Waals surface area contributed by atoms with Gasteiger partial charge in [0.15, 0.2) is 5.78 Å². The van der Waals surface area contributed by atoms with Crippen LogP contribution in [0.3, 0.4) is 0 Å². The molecule has 1 atom stereocenters. The van der Waals surface area contributed by atoms with Crippen molar-refractivity contribution in [2.45, 2.75) is 44.2 Å². The van der Waals surface area contributed by atoms with Crippen LogP contribution in [0.15, 0.2) is 42.6 Å². The normalized spacial score (nSPS) is 17.0. The molecular formula is C17H20N2O2. The fourth-order valence-electron chi connectivity index (χ4n) is 2.94. The van der Waals surface area contributed by atoms with Crippen molar-refractivity contribution in [3.8, 4) is 0 Å². The number of carbonyl (C=O) groups excluding carboxylic acids is 1. The lowest BCUT2D eigenvalue weighted by Crippen LogP contribution is -2.15. The second-order valence-corrected chi connectivity index (χ2v) is 5.68. The molecule has 1 fully saturated rings. The van der Waals surface area contributed by atoms with Crippen LogP contribution in [-0.4, -0.2) is 20.7 Å². The number of Topliss-reactive ketones (excluding diaryl/α,β-unsaturated/α-hetero) is 1. The smallest absolute Gasteiger partial charge is 0.171 e. The number of benzene rings is 1. The highest BCUT2D eigenvalue weighted by molar-refractivity contribution is 5.85. The summed E-state index contributed by atoms with van der Waals surface area (Å²) in [4.78, 5) is 12.1. The van der Waals surface area contributed by atoms with E-state index in [0.717, 1.165) is 5.69 Å². The first-order valence-electron chi connectivity index (χ1n) is 7.54. The molecule has 1 aromatic carbocycles. The number of aromatic nitrogens is 2. The zero-order valence-electron chi connectivity index (χ0n) is 12.0. The Morgan fingerprint density at radius 1 is 1.24 bits per heavy atom. The van der Waals surface area contributed by atoms with Crippen LogP contribution in [0.1, 0.15) is 49.1 Å². The molecule has 1 heterocycles. The topological polar surface area (TPSA) is 55.1 Å². The van der Waals surface area contributed by atoms with Gasteiger partial charge in [0.05, 0.1) is 18.2 Å². The molecule has 0 saturated heterocycles. The summed E-state index contributed by atoms with van der Waals surface area (Å²) in [7, 11) is 0. The Labute approximate surface area is 124 Å². The third-order valence-electron chi connectivity index (χ3n) is 4.14. The maximum Gasteiger partial charge on any atom is 0.171 e. The van der Waals surface area contributed by atoms with E-state index in [1.165, 1.54) is 25.7 Å². The SMILES string of the molecule is O=C(Cc1ccn(C2CCCC2)n1)C(O)c1ccccc1. The fourth-order valence-corrected chi connectivity index (χ4v) is 2.94. The molecule has 4 heteroatoms. The Morgan fingerprint density at radius 2 is 1.95 bits per heavy atom. The molecule has 1 unspecified atom stereocenters. The van der Waals surface area contributed by atoms with Gasteiger partial charge in [-0.25, -0.2) is 0 Å². The van der Waals surface area contributed by atoms with Crippen LogP contribution >= 0.6 is 0 Å². The summed E-state index contributed by atoms with van der Waals surface area (Å²) in [5, 5.41) is 14.6. The van der Waals surface area contributed by atoms with Crippen LogP contribution in [0, 0.1) is 0 Å². The van der Waals surface area contributed by atoms with Crippen LogP contribution in [0.5, 0.6) is 0 Å². The molecule has 3 rings (SSSR count). The van der Waals surface area contributed by atoms with Gasteiger partial charge < -0.3 is 5.11 Å². The third-order valence-corrected chi connectivity index (χ3v) is 4.14. The highest BCUT2D eigenvalue weighted by Gasteiger charge is 2.21. The van der Waals surface area contributed by atoms with E-state index in [2.05, 4.69) is 5.10 Å². The lowest BCUT2D eigenvalue weighted by molar-refractivity contribution is -0.126. The molecule has 0 radical (unpaired) electrons. The lowest BCUT2D eigenvalue weighted by Gasteiger charge is -2.10. The Bertz CT molecular complexity index is 600. The van der Waals surface area contributed by atoms with Gasteiger partial charge >= 0.3 is 0 Å². The van der Waals surface area contributed by atoms with Crippen LogP contribution in [0.4, 0.5) is 0 Å². The molecule has 0 amide bonds. The molecule has 110 valence electrons. The quantitative estimate of drug-likeness (QED) is 0.918. The molecule has 1 aromatic heterocycles. The molecule has 1 saturated carbocycles. The van der Waals surface area contributed by atoms with E-state index < -0.39 is 6.10 Å². The second-order valence-electron chi connectivity index (χ2n) is 5.68. The van der Waals surface area contributed by atoms with E-state index in [9.17, 15) is 9.90 Å². The number of carbonyl (C=O) groups is 1. The third kappa shape index (κ3) is 3.22. The van der Waals surface area contributed by atoms with E-state index in [1.807, 2.05) is 35.1 Å². The minimum Gasteiger partial charge on any atom is -0.381 e. The van der Waals surface area contributed by atoms with E-state index in [0.29, 0.717) is 11.6 Å². The van der Waals surface area contributed by atoms with Crippen molar-refractivity contribution in [1.29, 1.82) is 0 Å². The lowest BCUT2D eigenvalue weighted by atomic mass is 10.0. The summed E-state index contributed by atoms with van der Waals surface area (Å²) in [6, 6.07) is 11.4. The van der Waals surface area contributed by atoms with Crippen LogP contribution in [0.25, 0.3) is 0 Å². The number of nitrogens with zero attached hydrogens (tertiary/aromatic N) is 2. The largest absolute Gasteiger partial charge is 0.381 e. The molecule has 0 spiro atoms. The predicted molar refractivity (Wildman–Crippen MR) is 79.8 cm³/mol. The van der Waals surface area contributed by atoms with Gasteiger partial charge in [0, 0.05) is 6.20 Å². The molecule has 0 bridgehead atoms. The van der Waals surface area contributed by atoms with E-state index >= 15 is 0 Å². The predicted octanol–water partition coefficient (Wildman–Crippen LogP) is 2.84. The van der Waals surface area contributed by atoms with Crippen LogP contribution in [0.2, 0.25) is 0 Å². The number of aliphatic hydroxyl groups excluding tert-OH is 1. The van der Waals surface area contributed by atoms with Crippen molar-refractivity contribution in [3.05, 3.63) is 53.9 Å². The van der Waals surface area contributed by atoms with Crippen LogP contribution < -0.4 is 0 Å². The number of ketones is 1. The second kappa shape index (κ2) is 6.22. The van der Waals surface area contributed by atoms with Crippen molar-refractivity contribution >= 4 is 5.78 Å². The average Bonchev–Trinajstić information content (AvgIpc) is 3.18. The molecule has 1 aliphatic carbocycles. The molecular weight excluding hydrogens is 264 g/mol. The van der Waals surface area contributed by atoms with Gasteiger partial charge in [-0.3, -0.25) is 9.48 Å². The Morgan fingerprint density at radius 3 is 2.67 bits per heavy atom. The van der Waals surface area contributed by atoms with Gasteiger partial charge in [0.25, 0.3) is 0 Å². The number of hydrogen-bond acceptors (Lipinski definition) is 3. The monoisotopic (exact) mass is 284 g/mol. The molecule has 4 nitrogen and oxygen atoms in total. The summed E-state index contributed by atoms with van der Waals surface area (Å²) >= 11 is 0. The average molecular weight is 284 g/mol. The van der Waals surface area contributed by atoms with Crippen LogP contribution in [-0.2, 0) is 11.2 Å². The van der Waals surface area contributed by atoms with Gasteiger partial charge in [-0.05, 0) is 24.5 Å². The summed E-state index contributed by atoms with van der Waals surface area (Å²) < 4.78 is 1.98. The van der Waals surface area contributed by atoms with Crippen molar-refractivity contribution in [3.63, 3.8) is 0 Å². The number of rotatable bonds is 5. The maximum absolute atomic E-state index is 12.1. The van der Waals surface area contributed by atoms with Gasteiger partial charge in [0.2, 0.25) is 0 Å². The Hall–Kier alpha value is -1.94. The van der Waals surface area contributed by atoms with Gasteiger partial charge in [-0.15, -0.1) is 0 Å². The standard InChI is InChI=1S/C17H20N2O2/c20-16(17(21)13-6-2-1-3-7-13)12-14-10-11-19(18-14)15-8-4-5-9-15/h1-3,6-7,10-11,15,17,21H,4-5,8-9,12H2. The van der Waals surface area contributed by atoms with E-state index in [4.69, 9.17) is 0 Å². The summed E-state index contributed by atoms with van der Waals surface area (Å²) in [5.74, 6) is -0.210. The zero-order valence-corrected chi connectivity index (χ0v) is 12.0. The first kappa shape index (κ1) is 14.0. The van der Waals surface area contributed by atoms with Crippen molar-refractivity contribution in [1.82, 2.24) is 9.78 Å². The highest BCUT2D eigenvalue weighted by atomic mass is 16.3. The zero-order chi connectivity index (χ0) is 14.7. The molecule has 0 aliphatic heterocycles. The molecule has 2 aromatic rings. The van der Waals surface area contributed by atoms with Gasteiger partial charge in [-0.1, -0.05) is 43.2 Å². The Kier molecular flexibility index (Phi) is 4.15.